The average Bonchev–Trinajstić information content (AvgIpc) is 2.82. The third-order valence-electron chi connectivity index (χ3n) is 3.38. The van der Waals surface area contributed by atoms with Gasteiger partial charge in [0.25, 0.3) is 0 Å². The van der Waals surface area contributed by atoms with E-state index < -0.39 is 9.84 Å². The van der Waals surface area contributed by atoms with Crippen LogP contribution in [0.2, 0.25) is 0 Å². The molecule has 0 N–H and O–H groups in total. The molecule has 7 heteroatoms. The molecule has 17 heavy (non-hydrogen) atoms. The second kappa shape index (κ2) is 5.06. The van der Waals surface area contributed by atoms with Gasteiger partial charge in [-0.05, 0) is 18.3 Å². The molecule has 0 aliphatic carbocycles. The van der Waals surface area contributed by atoms with Crippen molar-refractivity contribution >= 4 is 25.8 Å². The first-order chi connectivity index (χ1) is 8.02. The van der Waals surface area contributed by atoms with Crippen LogP contribution < -0.4 is 0 Å². The average molecular weight is 322 g/mol. The van der Waals surface area contributed by atoms with Crippen LogP contribution in [0.5, 0.6) is 0 Å². The summed E-state index contributed by atoms with van der Waals surface area (Å²) < 4.78 is 24.7. The van der Waals surface area contributed by atoms with Crippen molar-refractivity contribution in [2.45, 2.75) is 12.8 Å². The molecule has 0 saturated carbocycles. The topological polar surface area (TPSA) is 64.8 Å². The van der Waals surface area contributed by atoms with Crippen LogP contribution in [-0.2, 0) is 23.3 Å². The molecular formula is C10H16BrN3O2S. The molecule has 5 nitrogen and oxygen atoms in total. The van der Waals surface area contributed by atoms with Crippen molar-refractivity contribution in [3.63, 3.8) is 0 Å². The van der Waals surface area contributed by atoms with E-state index in [0.717, 1.165) is 24.0 Å². The van der Waals surface area contributed by atoms with Crippen molar-refractivity contribution < 1.29 is 8.42 Å². The van der Waals surface area contributed by atoms with Crippen LogP contribution in [0.1, 0.15) is 12.2 Å². The minimum atomic E-state index is -2.80. The Morgan fingerprint density at radius 1 is 1.65 bits per heavy atom. The second-order valence-corrected chi connectivity index (χ2v) is 7.46. The van der Waals surface area contributed by atoms with Crippen molar-refractivity contribution in [3.8, 4) is 0 Å². The van der Waals surface area contributed by atoms with Crippen LogP contribution in [0.4, 0.5) is 0 Å². The number of alkyl halides is 1. The first-order valence-corrected chi connectivity index (χ1v) is 8.55. The van der Waals surface area contributed by atoms with Crippen LogP contribution in [0.15, 0.2) is 6.33 Å². The molecule has 0 spiro atoms. The van der Waals surface area contributed by atoms with E-state index in [9.17, 15) is 8.42 Å². The Kier molecular flexibility index (Phi) is 3.87. The van der Waals surface area contributed by atoms with Gasteiger partial charge in [0.2, 0.25) is 0 Å². The minimum absolute atomic E-state index is 0.246. The van der Waals surface area contributed by atoms with Crippen molar-refractivity contribution in [3.05, 3.63) is 12.2 Å². The zero-order chi connectivity index (χ0) is 12.5. The summed E-state index contributed by atoms with van der Waals surface area (Å²) in [5, 5.41) is 4.84. The molecule has 96 valence electrons. The van der Waals surface area contributed by atoms with E-state index >= 15 is 0 Å². The summed E-state index contributed by atoms with van der Waals surface area (Å²) in [6.45, 7) is 0. The fraction of sp³-hybridized carbons (Fsp3) is 0.800. The predicted molar refractivity (Wildman–Crippen MR) is 68.8 cm³/mol. The number of rotatable bonds is 4. The Balaban J connectivity index is 2.05. The summed E-state index contributed by atoms with van der Waals surface area (Å²) in [6, 6.07) is 0. The molecule has 1 saturated heterocycles. The van der Waals surface area contributed by atoms with Crippen molar-refractivity contribution in [1.82, 2.24) is 14.8 Å². The number of aromatic nitrogens is 3. The highest BCUT2D eigenvalue weighted by Crippen LogP contribution is 2.29. The molecule has 2 atom stereocenters. The number of sulfone groups is 1. The maximum absolute atomic E-state index is 11.5. The molecule has 2 unspecified atom stereocenters. The van der Waals surface area contributed by atoms with Gasteiger partial charge in [0.15, 0.2) is 9.84 Å². The molecular weight excluding hydrogens is 306 g/mol. The predicted octanol–water partition coefficient (Wildman–Crippen LogP) is 0.803. The summed E-state index contributed by atoms with van der Waals surface area (Å²) in [6.07, 6.45) is 3.09. The standard InChI is InChI=1S/C10H16BrN3O2S/c1-14-10(12-7-13-14)4-9(5-11)8-2-3-17(15,16)6-8/h7-9H,2-6H2,1H3. The normalized spacial score (nSPS) is 24.9. The van der Waals surface area contributed by atoms with Crippen molar-refractivity contribution in [2.75, 3.05) is 16.8 Å². The Morgan fingerprint density at radius 3 is 2.88 bits per heavy atom. The third-order valence-corrected chi connectivity index (χ3v) is 6.01. The monoisotopic (exact) mass is 321 g/mol. The Labute approximate surface area is 110 Å². The molecule has 0 aromatic carbocycles. The van der Waals surface area contributed by atoms with E-state index in [0.29, 0.717) is 17.4 Å². The first-order valence-electron chi connectivity index (χ1n) is 5.61. The third kappa shape index (κ3) is 3.07. The number of aryl methyl sites for hydroxylation is 1. The molecule has 0 radical (unpaired) electrons. The first kappa shape index (κ1) is 13.0. The second-order valence-electron chi connectivity index (χ2n) is 4.58. The van der Waals surface area contributed by atoms with Crippen molar-refractivity contribution in [1.29, 1.82) is 0 Å². The van der Waals surface area contributed by atoms with Gasteiger partial charge in [0.1, 0.15) is 12.2 Å². The SMILES string of the molecule is Cn1ncnc1CC(CBr)C1CCS(=O)(=O)C1. The van der Waals surface area contributed by atoms with Gasteiger partial charge in [0.05, 0.1) is 11.5 Å². The number of hydrogen-bond donors (Lipinski definition) is 0. The molecule has 1 aliphatic rings. The van der Waals surface area contributed by atoms with Gasteiger partial charge in [-0.25, -0.2) is 13.4 Å². The molecule has 2 heterocycles. The van der Waals surface area contributed by atoms with Crippen molar-refractivity contribution in [2.24, 2.45) is 18.9 Å². The summed E-state index contributed by atoms with van der Waals surface area (Å²) in [4.78, 5) is 4.19. The van der Waals surface area contributed by atoms with Crippen LogP contribution in [0.3, 0.4) is 0 Å². The lowest BCUT2D eigenvalue weighted by molar-refractivity contribution is 0.390. The maximum atomic E-state index is 11.5. The lowest BCUT2D eigenvalue weighted by Crippen LogP contribution is -2.21. The molecule has 1 aliphatic heterocycles. The molecule has 2 rings (SSSR count). The fourth-order valence-electron chi connectivity index (χ4n) is 2.28. The molecule has 0 bridgehead atoms. The highest BCUT2D eigenvalue weighted by Gasteiger charge is 2.33. The Bertz CT molecular complexity index is 485. The minimum Gasteiger partial charge on any atom is -0.253 e. The van der Waals surface area contributed by atoms with Gasteiger partial charge in [0, 0.05) is 18.8 Å². The van der Waals surface area contributed by atoms with E-state index in [1.54, 1.807) is 4.68 Å². The van der Waals surface area contributed by atoms with E-state index in [1.807, 2.05) is 7.05 Å². The fourth-order valence-corrected chi connectivity index (χ4v) is 4.96. The summed E-state index contributed by atoms with van der Waals surface area (Å²) >= 11 is 3.48. The zero-order valence-electron chi connectivity index (χ0n) is 9.71. The van der Waals surface area contributed by atoms with Gasteiger partial charge >= 0.3 is 0 Å². The van der Waals surface area contributed by atoms with Gasteiger partial charge in [-0.3, -0.25) is 4.68 Å². The lowest BCUT2D eigenvalue weighted by Gasteiger charge is -2.19. The number of nitrogens with zero attached hydrogens (tertiary/aromatic N) is 3. The molecule has 1 aromatic rings. The summed E-state index contributed by atoms with van der Waals surface area (Å²) in [5.41, 5.74) is 0. The molecule has 1 aromatic heterocycles. The maximum Gasteiger partial charge on any atom is 0.150 e. The summed E-state index contributed by atoms with van der Waals surface area (Å²) in [7, 11) is -0.943. The smallest absolute Gasteiger partial charge is 0.150 e. The Hall–Kier alpha value is -0.430. The largest absolute Gasteiger partial charge is 0.253 e. The molecule has 0 amide bonds. The van der Waals surface area contributed by atoms with Crippen LogP contribution in [-0.4, -0.2) is 40.0 Å². The lowest BCUT2D eigenvalue weighted by atomic mass is 9.90. The van der Waals surface area contributed by atoms with Crippen LogP contribution in [0, 0.1) is 11.8 Å². The quantitative estimate of drug-likeness (QED) is 0.769. The number of halogens is 1. The molecule has 1 fully saturated rings. The van der Waals surface area contributed by atoms with E-state index in [4.69, 9.17) is 0 Å². The zero-order valence-corrected chi connectivity index (χ0v) is 12.1. The highest BCUT2D eigenvalue weighted by atomic mass is 79.9. The highest BCUT2D eigenvalue weighted by molar-refractivity contribution is 9.09. The van der Waals surface area contributed by atoms with Gasteiger partial charge in [-0.15, -0.1) is 0 Å². The van der Waals surface area contributed by atoms with Crippen LogP contribution >= 0.6 is 15.9 Å². The van der Waals surface area contributed by atoms with E-state index in [2.05, 4.69) is 26.0 Å². The van der Waals surface area contributed by atoms with Gasteiger partial charge in [-0.2, -0.15) is 5.10 Å². The van der Waals surface area contributed by atoms with Crippen LogP contribution in [0.25, 0.3) is 0 Å². The summed E-state index contributed by atoms with van der Waals surface area (Å²) in [5.74, 6) is 2.13. The number of hydrogen-bond acceptors (Lipinski definition) is 4. The Morgan fingerprint density at radius 2 is 2.41 bits per heavy atom. The van der Waals surface area contributed by atoms with Gasteiger partial charge < -0.3 is 0 Å². The van der Waals surface area contributed by atoms with E-state index in [1.165, 1.54) is 6.33 Å². The van der Waals surface area contributed by atoms with Gasteiger partial charge in [-0.1, -0.05) is 15.9 Å². The van der Waals surface area contributed by atoms with E-state index in [-0.39, 0.29) is 5.92 Å².